The first-order valence-corrected chi connectivity index (χ1v) is 8.59. The van der Waals surface area contributed by atoms with Gasteiger partial charge in [0.15, 0.2) is 0 Å². The molecular weight excluding hydrogens is 306 g/mol. The monoisotopic (exact) mass is 323 g/mol. The van der Waals surface area contributed by atoms with E-state index in [0.717, 1.165) is 35.4 Å². The number of aromatic nitrogens is 2. The van der Waals surface area contributed by atoms with Gasteiger partial charge in [0.05, 0.1) is 22.4 Å². The van der Waals surface area contributed by atoms with Crippen molar-refractivity contribution < 1.29 is 4.79 Å². The van der Waals surface area contributed by atoms with Gasteiger partial charge in [0.1, 0.15) is 0 Å². The van der Waals surface area contributed by atoms with E-state index in [0.29, 0.717) is 12.1 Å². The van der Waals surface area contributed by atoms with Crippen LogP contribution < -0.4 is 0 Å². The summed E-state index contributed by atoms with van der Waals surface area (Å²) in [5, 5.41) is 2.11. The Bertz CT molecular complexity index is 916. The van der Waals surface area contributed by atoms with Crippen molar-refractivity contribution in [2.75, 3.05) is 6.54 Å². The molecule has 0 saturated carbocycles. The Hall–Kier alpha value is -2.27. The van der Waals surface area contributed by atoms with Gasteiger partial charge >= 0.3 is 0 Å². The molecule has 0 saturated heterocycles. The van der Waals surface area contributed by atoms with Gasteiger partial charge in [-0.15, -0.1) is 11.3 Å². The zero-order valence-electron chi connectivity index (χ0n) is 13.2. The maximum absolute atomic E-state index is 12.8. The fourth-order valence-corrected chi connectivity index (χ4v) is 3.86. The third kappa shape index (κ3) is 2.51. The summed E-state index contributed by atoms with van der Waals surface area (Å²) in [6, 6.07) is 7.73. The molecule has 0 aliphatic carbocycles. The number of carbonyl (C=O) groups excluding carboxylic acids is 1. The third-order valence-electron chi connectivity index (χ3n) is 4.42. The zero-order valence-corrected chi connectivity index (χ0v) is 14.0. The molecule has 0 unspecified atom stereocenters. The number of rotatable bonds is 1. The number of carbonyl (C=O) groups is 1. The highest BCUT2D eigenvalue weighted by molar-refractivity contribution is 7.10. The number of amides is 1. The molecule has 0 radical (unpaired) electrons. The molecule has 1 amide bonds. The summed E-state index contributed by atoms with van der Waals surface area (Å²) in [5.74, 6) is 0.0729. The summed E-state index contributed by atoms with van der Waals surface area (Å²) in [6.45, 7) is 5.38. The van der Waals surface area contributed by atoms with Gasteiger partial charge in [0.2, 0.25) is 0 Å². The summed E-state index contributed by atoms with van der Waals surface area (Å²) in [7, 11) is 0. The molecule has 116 valence electrons. The van der Waals surface area contributed by atoms with Crippen LogP contribution in [0.4, 0.5) is 0 Å². The molecular formula is C18H17N3OS. The highest BCUT2D eigenvalue weighted by Crippen LogP contribution is 2.25. The van der Waals surface area contributed by atoms with Gasteiger partial charge in [-0.05, 0) is 55.5 Å². The summed E-state index contributed by atoms with van der Waals surface area (Å²) < 4.78 is 0. The maximum atomic E-state index is 12.8. The van der Waals surface area contributed by atoms with Gasteiger partial charge in [-0.3, -0.25) is 4.79 Å². The molecule has 0 spiro atoms. The van der Waals surface area contributed by atoms with Crippen LogP contribution >= 0.6 is 11.3 Å². The van der Waals surface area contributed by atoms with Crippen molar-refractivity contribution >= 4 is 28.3 Å². The van der Waals surface area contributed by atoms with Crippen molar-refractivity contribution in [3.05, 3.63) is 57.0 Å². The lowest BCUT2D eigenvalue weighted by molar-refractivity contribution is 0.0736. The fraction of sp³-hybridized carbons (Fsp3) is 0.278. The second-order valence-electron chi connectivity index (χ2n) is 5.94. The quantitative estimate of drug-likeness (QED) is 0.688. The molecule has 0 fully saturated rings. The molecule has 23 heavy (non-hydrogen) atoms. The lowest BCUT2D eigenvalue weighted by Gasteiger charge is -2.27. The molecule has 0 bridgehead atoms. The van der Waals surface area contributed by atoms with Crippen LogP contribution in [-0.2, 0) is 13.0 Å². The predicted molar refractivity (Wildman–Crippen MR) is 91.8 cm³/mol. The summed E-state index contributed by atoms with van der Waals surface area (Å²) in [5.41, 5.74) is 5.42. The minimum Gasteiger partial charge on any atom is -0.334 e. The zero-order chi connectivity index (χ0) is 16.0. The van der Waals surface area contributed by atoms with Gasteiger partial charge in [0.25, 0.3) is 5.91 Å². The van der Waals surface area contributed by atoms with Gasteiger partial charge < -0.3 is 4.90 Å². The number of aryl methyl sites for hydroxylation is 2. The Balaban J connectivity index is 1.66. The smallest absolute Gasteiger partial charge is 0.254 e. The molecule has 3 heterocycles. The van der Waals surface area contributed by atoms with Crippen molar-refractivity contribution in [2.24, 2.45) is 0 Å². The van der Waals surface area contributed by atoms with Crippen LogP contribution in [0.15, 0.2) is 29.6 Å². The van der Waals surface area contributed by atoms with Crippen molar-refractivity contribution in [1.82, 2.24) is 14.9 Å². The second kappa shape index (κ2) is 5.42. The third-order valence-corrected chi connectivity index (χ3v) is 5.44. The number of benzene rings is 1. The van der Waals surface area contributed by atoms with Gasteiger partial charge in [-0.1, -0.05) is 0 Å². The van der Waals surface area contributed by atoms with E-state index in [-0.39, 0.29) is 5.91 Å². The van der Waals surface area contributed by atoms with Gasteiger partial charge in [-0.2, -0.15) is 0 Å². The first-order chi connectivity index (χ1) is 11.1. The van der Waals surface area contributed by atoms with Crippen LogP contribution in [-0.4, -0.2) is 27.3 Å². The SMILES string of the molecule is Cc1nc2ccc(C(=O)N3CCc4sccc4C3)cc2nc1C. The van der Waals surface area contributed by atoms with E-state index in [4.69, 9.17) is 0 Å². The minimum atomic E-state index is 0.0729. The average Bonchev–Trinajstić information content (AvgIpc) is 3.02. The number of fused-ring (bicyclic) bond motifs is 2. The van der Waals surface area contributed by atoms with Crippen molar-refractivity contribution in [2.45, 2.75) is 26.8 Å². The van der Waals surface area contributed by atoms with E-state index >= 15 is 0 Å². The van der Waals surface area contributed by atoms with E-state index in [2.05, 4.69) is 21.4 Å². The molecule has 2 aromatic heterocycles. The Morgan fingerprint density at radius 3 is 2.74 bits per heavy atom. The Morgan fingerprint density at radius 1 is 1.13 bits per heavy atom. The van der Waals surface area contributed by atoms with Crippen LogP contribution in [0.1, 0.15) is 32.2 Å². The number of thiophene rings is 1. The first kappa shape index (κ1) is 14.3. The van der Waals surface area contributed by atoms with E-state index in [1.807, 2.05) is 36.9 Å². The normalized spacial score (nSPS) is 14.1. The second-order valence-corrected chi connectivity index (χ2v) is 6.94. The fourth-order valence-electron chi connectivity index (χ4n) is 2.97. The highest BCUT2D eigenvalue weighted by Gasteiger charge is 2.22. The predicted octanol–water partition coefficient (Wildman–Crippen LogP) is 3.51. The highest BCUT2D eigenvalue weighted by atomic mass is 32.1. The van der Waals surface area contributed by atoms with E-state index in [9.17, 15) is 4.79 Å². The van der Waals surface area contributed by atoms with E-state index in [1.165, 1.54) is 10.4 Å². The van der Waals surface area contributed by atoms with E-state index < -0.39 is 0 Å². The maximum Gasteiger partial charge on any atom is 0.254 e. The van der Waals surface area contributed by atoms with Crippen molar-refractivity contribution in [3.63, 3.8) is 0 Å². The molecule has 0 atom stereocenters. The molecule has 1 aliphatic rings. The van der Waals surface area contributed by atoms with Crippen molar-refractivity contribution in [1.29, 1.82) is 0 Å². The van der Waals surface area contributed by atoms with Crippen molar-refractivity contribution in [3.8, 4) is 0 Å². The molecule has 1 aliphatic heterocycles. The molecule has 0 N–H and O–H groups in total. The molecule has 1 aromatic carbocycles. The van der Waals surface area contributed by atoms with Crippen LogP contribution in [0.3, 0.4) is 0 Å². The Labute approximate surface area is 138 Å². The lowest BCUT2D eigenvalue weighted by atomic mass is 10.1. The van der Waals surface area contributed by atoms with Crippen LogP contribution in [0.5, 0.6) is 0 Å². The van der Waals surface area contributed by atoms with E-state index in [1.54, 1.807) is 11.3 Å². The minimum absolute atomic E-state index is 0.0729. The molecule has 3 aromatic rings. The standard InChI is InChI=1S/C18H17N3OS/c1-11-12(2)20-16-9-13(3-4-15(16)19-11)18(22)21-7-5-17-14(10-21)6-8-23-17/h3-4,6,8-9H,5,7,10H2,1-2H3. The van der Waals surface area contributed by atoms with Crippen LogP contribution in [0.2, 0.25) is 0 Å². The first-order valence-electron chi connectivity index (χ1n) is 7.71. The lowest BCUT2D eigenvalue weighted by Crippen LogP contribution is -2.35. The average molecular weight is 323 g/mol. The number of hydrogen-bond donors (Lipinski definition) is 0. The summed E-state index contributed by atoms with van der Waals surface area (Å²) in [4.78, 5) is 25.2. The molecule has 4 nitrogen and oxygen atoms in total. The van der Waals surface area contributed by atoms with Crippen LogP contribution in [0, 0.1) is 13.8 Å². The Morgan fingerprint density at radius 2 is 1.91 bits per heavy atom. The topological polar surface area (TPSA) is 46.1 Å². The van der Waals surface area contributed by atoms with Gasteiger partial charge in [-0.25, -0.2) is 9.97 Å². The Kier molecular flexibility index (Phi) is 3.38. The summed E-state index contributed by atoms with van der Waals surface area (Å²) in [6.07, 6.45) is 0.949. The molecule has 5 heteroatoms. The summed E-state index contributed by atoms with van der Waals surface area (Å²) >= 11 is 1.78. The largest absolute Gasteiger partial charge is 0.334 e. The van der Waals surface area contributed by atoms with Gasteiger partial charge in [0, 0.05) is 23.5 Å². The van der Waals surface area contributed by atoms with Crippen LogP contribution in [0.25, 0.3) is 11.0 Å². The molecule has 4 rings (SSSR count). The number of nitrogens with zero attached hydrogens (tertiary/aromatic N) is 3. The number of hydrogen-bond acceptors (Lipinski definition) is 4.